The maximum Gasteiger partial charge on any atom is 2.00 e. The van der Waals surface area contributed by atoms with Gasteiger partial charge in [0.05, 0.1) is 0 Å². The molecule has 0 aromatic heterocycles. The van der Waals surface area contributed by atoms with E-state index in [0.717, 1.165) is 17.3 Å². The Morgan fingerprint density at radius 1 is 0.561 bits per heavy atom. The summed E-state index contributed by atoms with van der Waals surface area (Å²) in [5.74, 6) is 0. The molecule has 0 atom stereocenters. The fourth-order valence-electron chi connectivity index (χ4n) is 1.62. The van der Waals surface area contributed by atoms with Crippen LogP contribution in [0.15, 0.2) is 89.1 Å². The Bertz CT molecular complexity index is 720. The third kappa shape index (κ3) is 67.6. The molecule has 5 nitrogen and oxygen atoms in total. The number of rotatable bonds is 2. The molecule has 236 valence electrons. The van der Waals surface area contributed by atoms with Crippen molar-refractivity contribution < 1.29 is 31.1 Å². The van der Waals surface area contributed by atoms with Gasteiger partial charge in [0, 0.05) is 12.7 Å². The van der Waals surface area contributed by atoms with Gasteiger partial charge < -0.3 is 26.6 Å². The fraction of sp³-hybridized carbons (Fsp3) is 0.543. The summed E-state index contributed by atoms with van der Waals surface area (Å²) in [5.41, 5.74) is 16.3. The molecule has 0 aliphatic rings. The van der Waals surface area contributed by atoms with Crippen molar-refractivity contribution in [3.63, 3.8) is 0 Å². The summed E-state index contributed by atoms with van der Waals surface area (Å²) in [6.45, 7) is 27.9. The number of fused-ring (bicyclic) bond motifs is 1. The molecule has 0 aliphatic heterocycles. The molecule has 0 spiro atoms. The Morgan fingerprint density at radius 3 is 1.07 bits per heavy atom. The van der Waals surface area contributed by atoms with Gasteiger partial charge in [-0.25, -0.2) is 0 Å². The SMILES string of the molecule is CC.CC.CC.CCC.CCC.CCC.CCNC.CN=[N-].[N-]=Nc1ccc2ccccc2c1.[U+2].c1ccccc1. The Hall–Kier alpha value is -1.87. The molecule has 0 radical (unpaired) electrons. The second kappa shape index (κ2) is 71.4. The quantitative estimate of drug-likeness (QED) is 0.258. The zero-order valence-corrected chi connectivity index (χ0v) is 33.8. The van der Waals surface area contributed by atoms with Crippen LogP contribution in [-0.2, 0) is 0 Å². The fourth-order valence-corrected chi connectivity index (χ4v) is 1.62. The summed E-state index contributed by atoms with van der Waals surface area (Å²) >= 11 is 0. The van der Waals surface area contributed by atoms with Crippen molar-refractivity contribution >= 4 is 16.5 Å². The topological polar surface area (TPSA) is 81.3 Å². The maximum absolute atomic E-state index is 8.52. The van der Waals surface area contributed by atoms with E-state index in [1.807, 2.05) is 121 Å². The molecule has 0 saturated carbocycles. The van der Waals surface area contributed by atoms with Crippen LogP contribution in [0.3, 0.4) is 0 Å². The molecule has 0 bridgehead atoms. The summed E-state index contributed by atoms with van der Waals surface area (Å²) < 4.78 is 0. The van der Waals surface area contributed by atoms with Gasteiger partial charge in [0.1, 0.15) is 0 Å². The molecule has 0 heterocycles. The van der Waals surface area contributed by atoms with Crippen LogP contribution in [0.1, 0.15) is 109 Å². The Labute approximate surface area is 281 Å². The summed E-state index contributed by atoms with van der Waals surface area (Å²) in [7, 11) is 3.24. The monoisotopic (exact) mass is 796 g/mol. The van der Waals surface area contributed by atoms with Crippen molar-refractivity contribution in [3.8, 4) is 0 Å². The average Bonchev–Trinajstić information content (AvgIpc) is 3.03. The number of nitrogens with one attached hydrogen (secondary N) is 1. The van der Waals surface area contributed by atoms with Crippen LogP contribution in [0.5, 0.6) is 0 Å². The third-order valence-corrected chi connectivity index (χ3v) is 2.87. The molecule has 6 heteroatoms. The first-order valence-electron chi connectivity index (χ1n) is 15.2. The summed E-state index contributed by atoms with van der Waals surface area (Å²) in [6.07, 6.45) is 3.75. The first-order valence-corrected chi connectivity index (χ1v) is 15.2. The summed E-state index contributed by atoms with van der Waals surface area (Å²) in [4.78, 5) is 0. The third-order valence-electron chi connectivity index (χ3n) is 2.87. The zero-order chi connectivity index (χ0) is 32.9. The number of hydrogen-bond donors (Lipinski definition) is 1. The van der Waals surface area contributed by atoms with Gasteiger partial charge in [-0.15, -0.1) is 0 Å². The van der Waals surface area contributed by atoms with E-state index >= 15 is 0 Å². The average molecular weight is 796 g/mol. The molecule has 41 heavy (non-hydrogen) atoms. The second-order valence-corrected chi connectivity index (χ2v) is 6.81. The molecule has 0 aliphatic carbocycles. The van der Waals surface area contributed by atoms with E-state index in [9.17, 15) is 0 Å². The number of nitrogens with zero attached hydrogens (tertiary/aromatic N) is 4. The molecule has 0 amide bonds. The second-order valence-electron chi connectivity index (χ2n) is 6.81. The minimum absolute atomic E-state index is 0. The predicted octanol–water partition coefficient (Wildman–Crippen LogP) is 13.4. The number of hydrogen-bond acceptors (Lipinski definition) is 3. The standard InChI is InChI=1S/C10H7N2.C6H6.C3H9N.3C3H8.3C2H6.CH3N2.U/c11-12-10-6-5-8-3-1-2-4-9(8)7-10;1-2-4-6-5-3-1;1-3-4-2;3*1-3-2;3*1-2;1-3-2;/h1-7H;1-6H;4H,3H2,1-2H3;3*3H2,1-2H3;3*1-2H3;1H3;/q-1;;;;;;;;;-1;+2. The van der Waals surface area contributed by atoms with Gasteiger partial charge in [0.2, 0.25) is 0 Å². The molecule has 3 rings (SSSR count). The first kappa shape index (κ1) is 58.7. The maximum atomic E-state index is 8.52. The first-order chi connectivity index (χ1) is 19.5. The van der Waals surface area contributed by atoms with E-state index in [-0.39, 0.29) is 31.1 Å². The molecule has 0 saturated heterocycles. The van der Waals surface area contributed by atoms with E-state index < -0.39 is 0 Å². The van der Waals surface area contributed by atoms with Crippen LogP contribution >= 0.6 is 0 Å². The van der Waals surface area contributed by atoms with E-state index in [1.165, 1.54) is 26.3 Å². The minimum atomic E-state index is 0. The van der Waals surface area contributed by atoms with Gasteiger partial charge in [-0.1, -0.05) is 176 Å². The van der Waals surface area contributed by atoms with Crippen molar-refractivity contribution in [1.82, 2.24) is 5.32 Å². The molecule has 3 aromatic carbocycles. The summed E-state index contributed by atoms with van der Waals surface area (Å²) in [5, 5.41) is 10.8. The molecular weight excluding hydrogens is 728 g/mol. The van der Waals surface area contributed by atoms with Crippen LogP contribution in [-0.4, -0.2) is 20.6 Å². The molecule has 3 aromatic rings. The van der Waals surface area contributed by atoms with Gasteiger partial charge >= 0.3 is 31.1 Å². The van der Waals surface area contributed by atoms with Gasteiger partial charge in [0.15, 0.2) is 0 Å². The minimum Gasteiger partial charge on any atom is -0.712 e. The zero-order valence-electron chi connectivity index (χ0n) is 29.6. The Balaban J connectivity index is -0.0000000544. The van der Waals surface area contributed by atoms with Crippen molar-refractivity contribution in [2.24, 2.45) is 10.2 Å². The van der Waals surface area contributed by atoms with E-state index in [1.54, 1.807) is 6.07 Å². The van der Waals surface area contributed by atoms with Crippen LogP contribution in [0.2, 0.25) is 0 Å². The van der Waals surface area contributed by atoms with Gasteiger partial charge in [-0.3, -0.25) is 0 Å². The number of benzene rings is 3. The molecule has 1 N–H and O–H groups in total. The Kier molecular flexibility index (Phi) is 102. The smallest absolute Gasteiger partial charge is 0.712 e. The van der Waals surface area contributed by atoms with Crippen LogP contribution in [0.4, 0.5) is 5.69 Å². The van der Waals surface area contributed by atoms with Gasteiger partial charge in [0.25, 0.3) is 0 Å². The molecule has 0 fully saturated rings. The van der Waals surface area contributed by atoms with Crippen LogP contribution in [0, 0.1) is 31.1 Å². The van der Waals surface area contributed by atoms with Crippen molar-refractivity contribution in [3.05, 3.63) is 89.9 Å². The van der Waals surface area contributed by atoms with Gasteiger partial charge in [-0.05, 0) is 36.5 Å². The van der Waals surface area contributed by atoms with Crippen molar-refractivity contribution in [2.75, 3.05) is 20.6 Å². The van der Waals surface area contributed by atoms with Crippen LogP contribution < -0.4 is 5.32 Å². The summed E-state index contributed by atoms with van der Waals surface area (Å²) in [6, 6.07) is 25.5. The largest absolute Gasteiger partial charge is 2.00 e. The van der Waals surface area contributed by atoms with Crippen LogP contribution in [0.25, 0.3) is 21.8 Å². The van der Waals surface area contributed by atoms with E-state index in [4.69, 9.17) is 11.1 Å². The Morgan fingerprint density at radius 2 is 0.829 bits per heavy atom. The normalized spacial score (nSPS) is 6.90. The predicted molar refractivity (Wildman–Crippen MR) is 189 cm³/mol. The van der Waals surface area contributed by atoms with Crippen molar-refractivity contribution in [2.45, 2.75) is 109 Å². The van der Waals surface area contributed by atoms with Crippen molar-refractivity contribution in [1.29, 1.82) is 0 Å². The van der Waals surface area contributed by atoms with E-state index in [2.05, 4.69) is 64.0 Å². The van der Waals surface area contributed by atoms with Gasteiger partial charge in [-0.2, -0.15) is 0 Å². The molecule has 0 unspecified atom stereocenters. The molecular formula is C35H67N5U. The van der Waals surface area contributed by atoms with E-state index in [0.29, 0.717) is 5.69 Å².